The van der Waals surface area contributed by atoms with Gasteiger partial charge in [0.25, 0.3) is 0 Å². The van der Waals surface area contributed by atoms with E-state index < -0.39 is 5.82 Å². The summed E-state index contributed by atoms with van der Waals surface area (Å²) in [4.78, 5) is 0. The van der Waals surface area contributed by atoms with Crippen LogP contribution in [0.3, 0.4) is 0 Å². The zero-order valence-corrected chi connectivity index (χ0v) is 12.0. The highest BCUT2D eigenvalue weighted by Crippen LogP contribution is 2.44. The molecule has 5 heteroatoms. The Morgan fingerprint density at radius 2 is 1.79 bits per heavy atom. The van der Waals surface area contributed by atoms with Gasteiger partial charge < -0.3 is 14.6 Å². The van der Waals surface area contributed by atoms with E-state index in [4.69, 9.17) is 9.47 Å². The van der Waals surface area contributed by atoms with Gasteiger partial charge in [-0.1, -0.05) is 0 Å². The van der Waals surface area contributed by atoms with Gasteiger partial charge in [0.15, 0.2) is 0 Å². The molecular weight excluding hydrogens is 315 g/mol. The Labute approximate surface area is 118 Å². The molecule has 0 bridgehead atoms. The largest absolute Gasteiger partial charge is 0.507 e. The SMILES string of the molecule is COc1ccc(-c2cc(F)ccc2O)c(OC)c1Br. The molecule has 1 N–H and O–H groups in total. The Kier molecular flexibility index (Phi) is 3.95. The summed E-state index contributed by atoms with van der Waals surface area (Å²) in [5.74, 6) is 0.621. The van der Waals surface area contributed by atoms with Crippen LogP contribution in [0, 0.1) is 5.82 Å². The second-order valence-electron chi connectivity index (χ2n) is 3.82. The van der Waals surface area contributed by atoms with Gasteiger partial charge in [-0.2, -0.15) is 0 Å². The summed E-state index contributed by atoms with van der Waals surface area (Å²) in [6, 6.07) is 7.18. The molecule has 0 aliphatic heterocycles. The van der Waals surface area contributed by atoms with Crippen molar-refractivity contribution in [3.05, 3.63) is 40.6 Å². The van der Waals surface area contributed by atoms with Crippen LogP contribution in [-0.4, -0.2) is 19.3 Å². The zero-order valence-electron chi connectivity index (χ0n) is 10.4. The van der Waals surface area contributed by atoms with Crippen LogP contribution in [0.4, 0.5) is 4.39 Å². The maximum absolute atomic E-state index is 13.3. The molecule has 0 spiro atoms. The van der Waals surface area contributed by atoms with Crippen molar-refractivity contribution in [1.29, 1.82) is 0 Å². The highest BCUT2D eigenvalue weighted by Gasteiger charge is 2.16. The van der Waals surface area contributed by atoms with E-state index in [1.54, 1.807) is 19.2 Å². The first-order valence-corrected chi connectivity index (χ1v) is 6.27. The molecule has 0 aliphatic carbocycles. The molecule has 0 fully saturated rings. The number of phenolic OH excluding ortho intramolecular Hbond substituents is 1. The molecule has 0 unspecified atom stereocenters. The minimum absolute atomic E-state index is 0.0169. The lowest BCUT2D eigenvalue weighted by atomic mass is 10.0. The molecule has 2 aromatic carbocycles. The molecule has 2 rings (SSSR count). The van der Waals surface area contributed by atoms with E-state index in [0.717, 1.165) is 0 Å². The Hall–Kier alpha value is -1.75. The van der Waals surface area contributed by atoms with Crippen LogP contribution in [0.15, 0.2) is 34.8 Å². The minimum atomic E-state index is -0.429. The number of phenols is 1. The lowest BCUT2D eigenvalue weighted by Crippen LogP contribution is -1.93. The zero-order chi connectivity index (χ0) is 14.0. The van der Waals surface area contributed by atoms with E-state index in [1.165, 1.54) is 25.3 Å². The highest BCUT2D eigenvalue weighted by molar-refractivity contribution is 9.10. The van der Waals surface area contributed by atoms with Gasteiger partial charge in [-0.15, -0.1) is 0 Å². The number of ether oxygens (including phenoxy) is 2. The van der Waals surface area contributed by atoms with Gasteiger partial charge in [0.05, 0.1) is 14.2 Å². The van der Waals surface area contributed by atoms with E-state index in [2.05, 4.69) is 15.9 Å². The maximum atomic E-state index is 13.3. The predicted octanol–water partition coefficient (Wildman–Crippen LogP) is 3.98. The Bertz CT molecular complexity index is 614. The molecule has 3 nitrogen and oxygen atoms in total. The van der Waals surface area contributed by atoms with E-state index >= 15 is 0 Å². The summed E-state index contributed by atoms with van der Waals surface area (Å²) in [7, 11) is 3.04. The Morgan fingerprint density at radius 3 is 2.42 bits per heavy atom. The van der Waals surface area contributed by atoms with Crippen molar-refractivity contribution < 1.29 is 19.0 Å². The number of halogens is 2. The molecular formula is C14H12BrFO3. The third-order valence-electron chi connectivity index (χ3n) is 2.73. The van der Waals surface area contributed by atoms with E-state index in [9.17, 15) is 9.50 Å². The van der Waals surface area contributed by atoms with E-state index in [0.29, 0.717) is 27.1 Å². The molecule has 19 heavy (non-hydrogen) atoms. The van der Waals surface area contributed by atoms with Crippen molar-refractivity contribution in [3.8, 4) is 28.4 Å². The lowest BCUT2D eigenvalue weighted by Gasteiger charge is -2.14. The summed E-state index contributed by atoms with van der Waals surface area (Å²) in [6.45, 7) is 0. The van der Waals surface area contributed by atoms with Crippen LogP contribution >= 0.6 is 15.9 Å². The summed E-state index contributed by atoms with van der Waals surface area (Å²) < 4.78 is 24.4. The molecule has 0 aliphatic rings. The summed E-state index contributed by atoms with van der Waals surface area (Å²) in [5.41, 5.74) is 0.937. The van der Waals surface area contributed by atoms with Crippen molar-refractivity contribution in [2.24, 2.45) is 0 Å². The average Bonchev–Trinajstić information content (AvgIpc) is 2.41. The smallest absolute Gasteiger partial charge is 0.144 e. The van der Waals surface area contributed by atoms with Crippen LogP contribution in [0.5, 0.6) is 17.2 Å². The molecule has 0 amide bonds. The first-order valence-electron chi connectivity index (χ1n) is 5.48. The minimum Gasteiger partial charge on any atom is -0.507 e. The molecule has 0 radical (unpaired) electrons. The highest BCUT2D eigenvalue weighted by atomic mass is 79.9. The molecule has 100 valence electrons. The molecule has 0 atom stereocenters. The van der Waals surface area contributed by atoms with Gasteiger partial charge >= 0.3 is 0 Å². The van der Waals surface area contributed by atoms with E-state index in [1.807, 2.05) is 0 Å². The standard InChI is InChI=1S/C14H12BrFO3/c1-18-12-6-4-9(14(19-2)13(12)15)10-7-8(16)3-5-11(10)17/h3-7,17H,1-2H3. The average molecular weight is 327 g/mol. The fourth-order valence-electron chi connectivity index (χ4n) is 1.83. The summed E-state index contributed by atoms with van der Waals surface area (Å²) >= 11 is 3.37. The number of benzene rings is 2. The molecule has 0 saturated heterocycles. The normalized spacial score (nSPS) is 10.3. The van der Waals surface area contributed by atoms with Crippen molar-refractivity contribution in [2.75, 3.05) is 14.2 Å². The molecule has 0 aromatic heterocycles. The Balaban J connectivity index is 2.68. The van der Waals surface area contributed by atoms with Crippen molar-refractivity contribution in [3.63, 3.8) is 0 Å². The quantitative estimate of drug-likeness (QED) is 0.927. The lowest BCUT2D eigenvalue weighted by molar-refractivity contribution is 0.390. The van der Waals surface area contributed by atoms with Crippen LogP contribution in [0.25, 0.3) is 11.1 Å². The fraction of sp³-hybridized carbons (Fsp3) is 0.143. The topological polar surface area (TPSA) is 38.7 Å². The molecule has 2 aromatic rings. The van der Waals surface area contributed by atoms with E-state index in [-0.39, 0.29) is 5.75 Å². The van der Waals surface area contributed by atoms with Crippen molar-refractivity contribution in [2.45, 2.75) is 0 Å². The van der Waals surface area contributed by atoms with Crippen molar-refractivity contribution >= 4 is 15.9 Å². The van der Waals surface area contributed by atoms with Gasteiger partial charge in [0, 0.05) is 11.1 Å². The van der Waals surface area contributed by atoms with Crippen LogP contribution in [-0.2, 0) is 0 Å². The van der Waals surface area contributed by atoms with Crippen molar-refractivity contribution in [1.82, 2.24) is 0 Å². The molecule has 0 saturated carbocycles. The first kappa shape index (κ1) is 13.7. The molecule has 0 heterocycles. The van der Waals surface area contributed by atoms with Crippen LogP contribution < -0.4 is 9.47 Å². The van der Waals surface area contributed by atoms with Gasteiger partial charge in [0.2, 0.25) is 0 Å². The number of methoxy groups -OCH3 is 2. The summed E-state index contributed by atoms with van der Waals surface area (Å²) in [5, 5.41) is 9.86. The number of rotatable bonds is 3. The van der Waals surface area contributed by atoms with Gasteiger partial charge in [-0.3, -0.25) is 0 Å². The summed E-state index contributed by atoms with van der Waals surface area (Å²) in [6.07, 6.45) is 0. The number of hydrogen-bond donors (Lipinski definition) is 1. The van der Waals surface area contributed by atoms with Gasteiger partial charge in [-0.05, 0) is 46.3 Å². The van der Waals surface area contributed by atoms with Crippen LogP contribution in [0.1, 0.15) is 0 Å². The fourth-order valence-corrected chi connectivity index (χ4v) is 2.50. The predicted molar refractivity (Wildman–Crippen MR) is 74.3 cm³/mol. The van der Waals surface area contributed by atoms with Gasteiger partial charge in [0.1, 0.15) is 27.5 Å². The number of hydrogen-bond acceptors (Lipinski definition) is 3. The van der Waals surface area contributed by atoms with Crippen LogP contribution in [0.2, 0.25) is 0 Å². The van der Waals surface area contributed by atoms with Gasteiger partial charge in [-0.25, -0.2) is 4.39 Å². The Morgan fingerprint density at radius 1 is 1.05 bits per heavy atom. The second kappa shape index (κ2) is 5.48. The third kappa shape index (κ3) is 2.51. The monoisotopic (exact) mass is 326 g/mol. The maximum Gasteiger partial charge on any atom is 0.144 e. The third-order valence-corrected chi connectivity index (χ3v) is 3.49. The first-order chi connectivity index (χ1) is 9.08. The number of aromatic hydroxyl groups is 1. The second-order valence-corrected chi connectivity index (χ2v) is 4.62.